The molecule has 4 heterocycles. The molecule has 8 bridgehead atoms. The molecular weight excluding hydrogens is 444 g/mol. The number of H-pyrrole nitrogens is 1. The largest absolute Gasteiger partial charge is 0.484 e. The van der Waals surface area contributed by atoms with E-state index in [2.05, 4.69) is 30.8 Å². The number of pyridine rings is 2. The fraction of sp³-hybridized carbons (Fsp3) is 0.0385. The molecule has 0 aliphatic carbocycles. The molecule has 9 nitrogen and oxygen atoms in total. The van der Waals surface area contributed by atoms with Gasteiger partial charge in [0.25, 0.3) is 11.8 Å². The Kier molecular flexibility index (Phi) is 4.92. The Morgan fingerprint density at radius 2 is 1.49 bits per heavy atom. The molecule has 1 aliphatic rings. The average Bonchev–Trinajstić information content (AvgIpc) is 3.31. The van der Waals surface area contributed by atoms with Gasteiger partial charge in [-0.15, -0.1) is 0 Å². The number of nitrogens with zero attached hydrogens (tertiary/aromatic N) is 3. The molecule has 35 heavy (non-hydrogen) atoms. The van der Waals surface area contributed by atoms with Gasteiger partial charge in [-0.25, -0.2) is 0 Å². The van der Waals surface area contributed by atoms with E-state index < -0.39 is 0 Å². The van der Waals surface area contributed by atoms with Crippen molar-refractivity contribution in [1.82, 2.24) is 20.2 Å². The van der Waals surface area contributed by atoms with Crippen molar-refractivity contribution < 1.29 is 14.3 Å². The predicted molar refractivity (Wildman–Crippen MR) is 131 cm³/mol. The topological polar surface area (TPSA) is 122 Å². The lowest BCUT2D eigenvalue weighted by Gasteiger charge is -2.10. The maximum Gasteiger partial charge on any atom is 0.276 e. The van der Waals surface area contributed by atoms with Crippen LogP contribution in [0, 0.1) is 0 Å². The van der Waals surface area contributed by atoms with Crippen LogP contribution in [-0.2, 0) is 4.79 Å². The first-order chi connectivity index (χ1) is 17.1. The Morgan fingerprint density at radius 1 is 0.743 bits per heavy atom. The van der Waals surface area contributed by atoms with Crippen LogP contribution < -0.4 is 15.4 Å². The Hall–Kier alpha value is -5.05. The summed E-state index contributed by atoms with van der Waals surface area (Å²) in [5.41, 5.74) is 5.27. The maximum atomic E-state index is 13.1. The van der Waals surface area contributed by atoms with Crippen molar-refractivity contribution in [2.75, 3.05) is 17.2 Å². The van der Waals surface area contributed by atoms with Crippen LogP contribution in [-0.4, -0.2) is 38.6 Å². The van der Waals surface area contributed by atoms with E-state index in [1.165, 1.54) is 0 Å². The molecule has 1 aliphatic heterocycles. The molecule has 5 aromatic rings. The summed E-state index contributed by atoms with van der Waals surface area (Å²) in [6.07, 6.45) is 6.53. The zero-order valence-corrected chi connectivity index (χ0v) is 18.3. The van der Waals surface area contributed by atoms with Gasteiger partial charge in [0.1, 0.15) is 5.75 Å². The molecule has 9 heteroatoms. The van der Waals surface area contributed by atoms with E-state index in [4.69, 9.17) is 4.74 Å². The van der Waals surface area contributed by atoms with E-state index in [0.29, 0.717) is 22.5 Å². The van der Waals surface area contributed by atoms with Gasteiger partial charge in [-0.2, -0.15) is 5.10 Å². The van der Waals surface area contributed by atoms with Gasteiger partial charge in [-0.3, -0.25) is 24.7 Å². The number of hydrogen-bond acceptors (Lipinski definition) is 6. The first-order valence-electron chi connectivity index (χ1n) is 10.9. The highest BCUT2D eigenvalue weighted by atomic mass is 16.5. The van der Waals surface area contributed by atoms with Gasteiger partial charge in [0.2, 0.25) is 0 Å². The number of aromatic nitrogens is 4. The molecule has 2 aromatic carbocycles. The maximum absolute atomic E-state index is 13.1. The summed E-state index contributed by atoms with van der Waals surface area (Å²) in [6.45, 7) is -0.160. The SMILES string of the molecule is O=C1COc2cccc(c2)-c2cncc(c2)NC(=O)c2n[nH]c3ccc(cc23)-c2cncc(c2)N1. The number of carbonyl (C=O) groups is 2. The minimum atomic E-state index is -0.360. The molecule has 0 unspecified atom stereocenters. The quantitative estimate of drug-likeness (QED) is 0.316. The van der Waals surface area contributed by atoms with Crippen LogP contribution >= 0.6 is 0 Å². The predicted octanol–water partition coefficient (Wildman–Crippen LogP) is 4.27. The molecule has 0 saturated heterocycles. The Morgan fingerprint density at radius 3 is 2.29 bits per heavy atom. The Bertz CT molecular complexity index is 1610. The Balaban J connectivity index is 1.47. The highest BCUT2D eigenvalue weighted by Gasteiger charge is 2.16. The number of hydrogen-bond donors (Lipinski definition) is 3. The number of ether oxygens (including phenoxy) is 1. The summed E-state index contributed by atoms with van der Waals surface area (Å²) < 4.78 is 5.71. The van der Waals surface area contributed by atoms with Crippen molar-refractivity contribution in [3.63, 3.8) is 0 Å². The fourth-order valence-corrected chi connectivity index (χ4v) is 4.00. The van der Waals surface area contributed by atoms with Crippen LogP contribution in [0.1, 0.15) is 10.5 Å². The zero-order chi connectivity index (χ0) is 23.8. The summed E-state index contributed by atoms with van der Waals surface area (Å²) in [5, 5.41) is 13.5. The third-order valence-electron chi connectivity index (χ3n) is 5.67. The van der Waals surface area contributed by atoms with Crippen molar-refractivity contribution in [3.8, 4) is 28.0 Å². The van der Waals surface area contributed by atoms with Crippen molar-refractivity contribution in [2.45, 2.75) is 0 Å². The number of amides is 2. The van der Waals surface area contributed by atoms with Crippen LogP contribution in [0.15, 0.2) is 79.4 Å². The van der Waals surface area contributed by atoms with Gasteiger partial charge in [0.05, 0.1) is 29.3 Å². The number of anilines is 2. The highest BCUT2D eigenvalue weighted by Crippen LogP contribution is 2.28. The lowest BCUT2D eigenvalue weighted by molar-refractivity contribution is -0.118. The molecule has 0 fully saturated rings. The van der Waals surface area contributed by atoms with Gasteiger partial charge >= 0.3 is 0 Å². The Labute approximate surface area is 199 Å². The van der Waals surface area contributed by atoms with Crippen LogP contribution in [0.2, 0.25) is 0 Å². The van der Waals surface area contributed by atoms with Crippen molar-refractivity contribution in [2.24, 2.45) is 0 Å². The van der Waals surface area contributed by atoms with Crippen molar-refractivity contribution in [1.29, 1.82) is 0 Å². The number of fused-ring (bicyclic) bond motifs is 9. The average molecular weight is 462 g/mol. The van der Waals surface area contributed by atoms with E-state index >= 15 is 0 Å². The van der Waals surface area contributed by atoms with E-state index in [1.54, 1.807) is 30.9 Å². The third kappa shape index (κ3) is 4.06. The molecule has 3 N–H and O–H groups in total. The van der Waals surface area contributed by atoms with Crippen molar-refractivity contribution >= 4 is 34.1 Å². The highest BCUT2D eigenvalue weighted by molar-refractivity contribution is 6.11. The lowest BCUT2D eigenvalue weighted by Crippen LogP contribution is -2.20. The van der Waals surface area contributed by atoms with Gasteiger partial charge in [-0.1, -0.05) is 18.2 Å². The second kappa shape index (κ2) is 8.38. The minimum Gasteiger partial charge on any atom is -0.484 e. The molecule has 0 atom stereocenters. The number of nitrogens with one attached hydrogen (secondary N) is 3. The smallest absolute Gasteiger partial charge is 0.276 e. The monoisotopic (exact) mass is 462 g/mol. The normalized spacial score (nSPS) is 13.3. The van der Waals surface area contributed by atoms with Crippen LogP contribution in [0.3, 0.4) is 0 Å². The third-order valence-corrected chi connectivity index (χ3v) is 5.67. The van der Waals surface area contributed by atoms with Gasteiger partial charge < -0.3 is 15.4 Å². The second-order valence-electron chi connectivity index (χ2n) is 8.08. The number of rotatable bonds is 0. The van der Waals surface area contributed by atoms with E-state index in [9.17, 15) is 9.59 Å². The summed E-state index contributed by atoms with van der Waals surface area (Å²) in [7, 11) is 0. The molecule has 2 amide bonds. The molecule has 0 saturated carbocycles. The zero-order valence-electron chi connectivity index (χ0n) is 18.3. The summed E-state index contributed by atoms with van der Waals surface area (Å²) in [5.74, 6) is -0.133. The molecule has 3 aromatic heterocycles. The van der Waals surface area contributed by atoms with Gasteiger partial charge in [0.15, 0.2) is 12.3 Å². The molecule has 0 spiro atoms. The molecular formula is C26H18N6O3. The number of carbonyl (C=O) groups excluding carboxylic acids is 2. The van der Waals surface area contributed by atoms with E-state index in [0.717, 1.165) is 27.8 Å². The lowest BCUT2D eigenvalue weighted by atomic mass is 10.0. The number of benzene rings is 2. The van der Waals surface area contributed by atoms with Crippen LogP contribution in [0.4, 0.5) is 11.4 Å². The minimum absolute atomic E-state index is 0.160. The summed E-state index contributed by atoms with van der Waals surface area (Å²) in [4.78, 5) is 34.2. The first kappa shape index (κ1) is 20.5. The van der Waals surface area contributed by atoms with E-state index in [1.807, 2.05) is 48.5 Å². The summed E-state index contributed by atoms with van der Waals surface area (Å²) in [6, 6.07) is 16.6. The van der Waals surface area contributed by atoms with Crippen LogP contribution in [0.25, 0.3) is 33.2 Å². The molecule has 0 radical (unpaired) electrons. The molecule has 6 rings (SSSR count). The van der Waals surface area contributed by atoms with E-state index in [-0.39, 0.29) is 24.1 Å². The molecule has 170 valence electrons. The van der Waals surface area contributed by atoms with Crippen molar-refractivity contribution in [3.05, 3.63) is 85.1 Å². The standard InChI is InChI=1S/C26H18N6O3/c33-24-14-35-21-3-1-2-15(8-21)17-7-20(13-28-10-17)30-26(34)25-22-9-16(4-5-23(22)31-32-25)18-6-19(29-24)12-27-11-18/h1-13H,14H2,(H,29,33)(H,30,34)(H,31,32). The van der Waals surface area contributed by atoms with Gasteiger partial charge in [0, 0.05) is 28.9 Å². The van der Waals surface area contributed by atoms with Gasteiger partial charge in [-0.05, 0) is 47.5 Å². The number of aromatic amines is 1. The van der Waals surface area contributed by atoms with Crippen LogP contribution in [0.5, 0.6) is 5.75 Å². The fourth-order valence-electron chi connectivity index (χ4n) is 4.00. The summed E-state index contributed by atoms with van der Waals surface area (Å²) >= 11 is 0. The second-order valence-corrected chi connectivity index (χ2v) is 8.08. The first-order valence-corrected chi connectivity index (χ1v) is 10.9.